The van der Waals surface area contributed by atoms with E-state index >= 15 is 0 Å². The summed E-state index contributed by atoms with van der Waals surface area (Å²) >= 11 is 5.90. The maximum atomic E-state index is 12.1. The first-order chi connectivity index (χ1) is 13.4. The third kappa shape index (κ3) is 4.98. The topological polar surface area (TPSA) is 85.6 Å². The van der Waals surface area contributed by atoms with Crippen molar-refractivity contribution in [3.63, 3.8) is 0 Å². The molecule has 7 heteroatoms. The van der Waals surface area contributed by atoms with Gasteiger partial charge < -0.3 is 14.5 Å². The molecule has 0 saturated carbocycles. The first-order valence-corrected chi connectivity index (χ1v) is 9.00. The lowest BCUT2D eigenvalue weighted by molar-refractivity contribution is -0.128. The van der Waals surface area contributed by atoms with Gasteiger partial charge in [0.1, 0.15) is 5.58 Å². The van der Waals surface area contributed by atoms with Gasteiger partial charge in [0.25, 0.3) is 5.91 Å². The van der Waals surface area contributed by atoms with E-state index in [0.717, 1.165) is 5.56 Å². The Morgan fingerprint density at radius 1 is 1.11 bits per heavy atom. The average molecular weight is 400 g/mol. The van der Waals surface area contributed by atoms with E-state index in [1.165, 1.54) is 13.0 Å². The number of nitrogens with one attached hydrogen (secondary N) is 1. The second-order valence-electron chi connectivity index (χ2n) is 6.29. The minimum absolute atomic E-state index is 0.0301. The van der Waals surface area contributed by atoms with Crippen LogP contribution >= 0.6 is 11.6 Å². The van der Waals surface area contributed by atoms with E-state index in [1.807, 2.05) is 30.3 Å². The lowest BCUT2D eigenvalue weighted by Gasteiger charge is -2.16. The summed E-state index contributed by atoms with van der Waals surface area (Å²) in [5.41, 5.74) is 1.40. The number of esters is 1. The van der Waals surface area contributed by atoms with E-state index in [-0.39, 0.29) is 11.5 Å². The molecule has 0 aliphatic carbocycles. The Labute approximate surface area is 166 Å². The van der Waals surface area contributed by atoms with E-state index in [2.05, 4.69) is 5.32 Å². The van der Waals surface area contributed by atoms with Crippen LogP contribution < -0.4 is 5.32 Å². The highest BCUT2D eigenvalue weighted by atomic mass is 35.5. The lowest BCUT2D eigenvalue weighted by atomic mass is 10.0. The second-order valence-corrected chi connectivity index (χ2v) is 6.73. The van der Waals surface area contributed by atoms with Crippen LogP contribution in [0.15, 0.2) is 59.0 Å². The van der Waals surface area contributed by atoms with Gasteiger partial charge in [0.2, 0.25) is 5.76 Å². The Morgan fingerprint density at radius 3 is 2.57 bits per heavy atom. The number of carbonyl (C=O) groups excluding carboxylic acids is 3. The Morgan fingerprint density at radius 2 is 1.86 bits per heavy atom. The zero-order valence-electron chi connectivity index (χ0n) is 15.1. The zero-order chi connectivity index (χ0) is 20.1. The monoisotopic (exact) mass is 399 g/mol. The van der Waals surface area contributed by atoms with Crippen molar-refractivity contribution in [1.82, 2.24) is 5.32 Å². The largest absolute Gasteiger partial charge is 0.450 e. The molecule has 0 spiro atoms. The molecule has 0 saturated heterocycles. The van der Waals surface area contributed by atoms with Crippen molar-refractivity contribution in [1.29, 1.82) is 0 Å². The highest BCUT2D eigenvalue weighted by Crippen LogP contribution is 2.23. The fourth-order valence-corrected chi connectivity index (χ4v) is 2.88. The molecule has 1 aromatic heterocycles. The molecule has 28 heavy (non-hydrogen) atoms. The molecule has 1 amide bonds. The third-order valence-electron chi connectivity index (χ3n) is 4.12. The Balaban J connectivity index is 1.57. The second kappa shape index (κ2) is 8.71. The number of hydrogen-bond donors (Lipinski definition) is 1. The molecule has 0 radical (unpaired) electrons. The standard InChI is InChI=1S/C21H18ClNO5/c1-13(24)17(9-14-5-3-2-4-6-14)23-20(25)12-27-21(26)19-11-15-10-16(22)7-8-18(15)28-19/h2-8,10-11,17H,9,12H2,1H3,(H,23,25)/t17-/m1/s1. The van der Waals surface area contributed by atoms with Crippen molar-refractivity contribution in [3.8, 4) is 0 Å². The van der Waals surface area contributed by atoms with Crippen LogP contribution in [0.2, 0.25) is 5.02 Å². The number of benzene rings is 2. The third-order valence-corrected chi connectivity index (χ3v) is 4.36. The molecule has 0 bridgehead atoms. The van der Waals surface area contributed by atoms with Gasteiger partial charge in [0.15, 0.2) is 12.4 Å². The van der Waals surface area contributed by atoms with Crippen LogP contribution in [0.4, 0.5) is 0 Å². The van der Waals surface area contributed by atoms with Crippen LogP contribution in [0.1, 0.15) is 23.0 Å². The number of hydrogen-bond acceptors (Lipinski definition) is 5. The van der Waals surface area contributed by atoms with Crippen LogP contribution in [-0.4, -0.2) is 30.3 Å². The Kier molecular flexibility index (Phi) is 6.11. The van der Waals surface area contributed by atoms with Gasteiger partial charge >= 0.3 is 5.97 Å². The van der Waals surface area contributed by atoms with Gasteiger partial charge in [-0.25, -0.2) is 4.79 Å². The van der Waals surface area contributed by atoms with E-state index in [4.69, 9.17) is 20.8 Å². The molecular formula is C21H18ClNO5. The maximum absolute atomic E-state index is 12.1. The van der Waals surface area contributed by atoms with E-state index < -0.39 is 24.5 Å². The zero-order valence-corrected chi connectivity index (χ0v) is 15.9. The van der Waals surface area contributed by atoms with Gasteiger partial charge in [-0.1, -0.05) is 41.9 Å². The summed E-state index contributed by atoms with van der Waals surface area (Å²) in [6, 6.07) is 15.1. The molecule has 0 aliphatic rings. The Bertz CT molecular complexity index is 1010. The minimum Gasteiger partial charge on any atom is -0.450 e. The smallest absolute Gasteiger partial charge is 0.374 e. The molecular weight excluding hydrogens is 382 g/mol. The van der Waals surface area contributed by atoms with E-state index in [9.17, 15) is 14.4 Å². The van der Waals surface area contributed by atoms with Gasteiger partial charge in [0, 0.05) is 10.4 Å². The number of Topliss-reactive ketones (excluding diaryl/α,β-unsaturated/α-hetero) is 1. The lowest BCUT2D eigenvalue weighted by Crippen LogP contribution is -2.43. The van der Waals surface area contributed by atoms with Crippen LogP contribution in [0.25, 0.3) is 11.0 Å². The number of rotatable bonds is 7. The predicted molar refractivity (Wildman–Crippen MR) is 104 cm³/mol. The number of carbonyl (C=O) groups is 3. The number of furan rings is 1. The molecule has 3 rings (SSSR count). The molecule has 6 nitrogen and oxygen atoms in total. The first kappa shape index (κ1) is 19.6. The van der Waals surface area contributed by atoms with Crippen LogP contribution in [-0.2, 0) is 20.7 Å². The van der Waals surface area contributed by atoms with Crippen LogP contribution in [0.3, 0.4) is 0 Å². The number of halogens is 1. The molecule has 1 N–H and O–H groups in total. The quantitative estimate of drug-likeness (QED) is 0.614. The number of ketones is 1. The summed E-state index contributed by atoms with van der Waals surface area (Å²) in [7, 11) is 0. The van der Waals surface area contributed by atoms with E-state index in [1.54, 1.807) is 18.2 Å². The van der Waals surface area contributed by atoms with Gasteiger partial charge in [-0.3, -0.25) is 9.59 Å². The summed E-state index contributed by atoms with van der Waals surface area (Å²) in [6.07, 6.45) is 0.361. The van der Waals surface area contributed by atoms with Gasteiger partial charge in [-0.15, -0.1) is 0 Å². The Hall–Kier alpha value is -3.12. The van der Waals surface area contributed by atoms with Gasteiger partial charge in [-0.2, -0.15) is 0 Å². The number of ether oxygens (including phenoxy) is 1. The maximum Gasteiger partial charge on any atom is 0.374 e. The summed E-state index contributed by atoms with van der Waals surface area (Å²) in [5, 5.41) is 3.76. The summed E-state index contributed by atoms with van der Waals surface area (Å²) in [6.45, 7) is 0.884. The van der Waals surface area contributed by atoms with Crippen molar-refractivity contribution in [2.45, 2.75) is 19.4 Å². The van der Waals surface area contributed by atoms with E-state index in [0.29, 0.717) is 22.4 Å². The molecule has 0 unspecified atom stereocenters. The average Bonchev–Trinajstić information content (AvgIpc) is 3.09. The SMILES string of the molecule is CC(=O)[C@@H](Cc1ccccc1)NC(=O)COC(=O)c1cc2cc(Cl)ccc2o1. The summed E-state index contributed by atoms with van der Waals surface area (Å²) in [5.74, 6) is -1.55. The van der Waals surface area contributed by atoms with Crippen molar-refractivity contribution < 1.29 is 23.5 Å². The first-order valence-electron chi connectivity index (χ1n) is 8.62. The molecule has 1 heterocycles. The van der Waals surface area contributed by atoms with Gasteiger partial charge in [-0.05, 0) is 43.2 Å². The van der Waals surface area contributed by atoms with Crippen molar-refractivity contribution in [2.75, 3.05) is 6.61 Å². The number of amides is 1. The normalized spacial score (nSPS) is 11.8. The van der Waals surface area contributed by atoms with Crippen molar-refractivity contribution in [3.05, 3.63) is 70.9 Å². The molecule has 2 aromatic carbocycles. The fourth-order valence-electron chi connectivity index (χ4n) is 2.70. The molecule has 3 aromatic rings. The molecule has 1 atom stereocenters. The van der Waals surface area contributed by atoms with Crippen LogP contribution in [0.5, 0.6) is 0 Å². The molecule has 0 aliphatic heterocycles. The minimum atomic E-state index is -0.773. The highest BCUT2D eigenvalue weighted by molar-refractivity contribution is 6.31. The summed E-state index contributed by atoms with van der Waals surface area (Å²) < 4.78 is 10.4. The van der Waals surface area contributed by atoms with Crippen molar-refractivity contribution in [2.24, 2.45) is 0 Å². The molecule has 144 valence electrons. The summed E-state index contributed by atoms with van der Waals surface area (Å²) in [4.78, 5) is 36.1. The van der Waals surface area contributed by atoms with Crippen LogP contribution in [0, 0.1) is 0 Å². The fraction of sp³-hybridized carbons (Fsp3) is 0.190. The number of fused-ring (bicyclic) bond motifs is 1. The van der Waals surface area contributed by atoms with Crippen molar-refractivity contribution >= 4 is 40.2 Å². The highest BCUT2D eigenvalue weighted by Gasteiger charge is 2.20. The predicted octanol–water partition coefficient (Wildman–Crippen LogP) is 3.56. The van der Waals surface area contributed by atoms with Gasteiger partial charge in [0.05, 0.1) is 6.04 Å². The molecule has 0 fully saturated rings.